The van der Waals surface area contributed by atoms with E-state index in [0.29, 0.717) is 23.6 Å². The van der Waals surface area contributed by atoms with Crippen LogP contribution in [0, 0.1) is 17.8 Å². The van der Waals surface area contributed by atoms with Crippen LogP contribution in [0.2, 0.25) is 0 Å². The van der Waals surface area contributed by atoms with Gasteiger partial charge in [0.15, 0.2) is 6.61 Å². The third kappa shape index (κ3) is 3.08. The third-order valence-corrected chi connectivity index (χ3v) is 5.93. The molecule has 1 aromatic heterocycles. The van der Waals surface area contributed by atoms with Crippen LogP contribution in [0.3, 0.4) is 0 Å². The van der Waals surface area contributed by atoms with Crippen molar-refractivity contribution in [1.29, 1.82) is 0 Å². The molecule has 4 rings (SSSR count). The molecule has 0 N–H and O–H groups in total. The number of ether oxygens (including phenoxy) is 1. The number of nitrogens with zero attached hydrogens (tertiary/aromatic N) is 3. The van der Waals surface area contributed by atoms with Crippen molar-refractivity contribution in [3.8, 4) is 5.75 Å². The molecule has 0 aliphatic heterocycles. The molecule has 26 heavy (non-hydrogen) atoms. The Kier molecular flexibility index (Phi) is 4.66. The van der Waals surface area contributed by atoms with E-state index in [1.54, 1.807) is 0 Å². The van der Waals surface area contributed by atoms with Crippen LogP contribution in [-0.2, 0) is 11.4 Å². The van der Waals surface area contributed by atoms with Gasteiger partial charge in [-0.3, -0.25) is 4.79 Å². The summed E-state index contributed by atoms with van der Waals surface area (Å²) in [4.78, 5) is 19.3. The van der Waals surface area contributed by atoms with Gasteiger partial charge in [0, 0.05) is 13.6 Å². The molecule has 6 nitrogen and oxygen atoms in total. The monoisotopic (exact) mass is 355 g/mol. The van der Waals surface area contributed by atoms with E-state index in [-0.39, 0.29) is 24.3 Å². The second kappa shape index (κ2) is 7.09. The number of rotatable bonds is 6. The van der Waals surface area contributed by atoms with Crippen LogP contribution in [0.25, 0.3) is 0 Å². The topological polar surface area (TPSA) is 68.5 Å². The fourth-order valence-corrected chi connectivity index (χ4v) is 4.54. The van der Waals surface area contributed by atoms with Gasteiger partial charge >= 0.3 is 0 Å². The van der Waals surface area contributed by atoms with Crippen LogP contribution < -0.4 is 4.74 Å². The summed E-state index contributed by atoms with van der Waals surface area (Å²) in [5, 5.41) is 4.08. The van der Waals surface area contributed by atoms with Crippen molar-refractivity contribution in [2.24, 2.45) is 17.8 Å². The zero-order valence-corrected chi connectivity index (χ0v) is 15.3. The summed E-state index contributed by atoms with van der Waals surface area (Å²) in [5.41, 5.74) is 0. The number of fused-ring (bicyclic) bond motifs is 2. The average Bonchev–Trinajstić information content (AvgIpc) is 3.41. The summed E-state index contributed by atoms with van der Waals surface area (Å²) < 4.78 is 11.3. The number of hydrogen-bond donors (Lipinski definition) is 0. The van der Waals surface area contributed by atoms with Crippen molar-refractivity contribution >= 4 is 5.91 Å². The Morgan fingerprint density at radius 1 is 1.27 bits per heavy atom. The Hall–Kier alpha value is -2.37. The largest absolute Gasteiger partial charge is 0.485 e. The van der Waals surface area contributed by atoms with E-state index in [1.807, 2.05) is 49.2 Å². The lowest BCUT2D eigenvalue weighted by Gasteiger charge is -2.30. The van der Waals surface area contributed by atoms with Gasteiger partial charge in [0.1, 0.15) is 5.75 Å². The van der Waals surface area contributed by atoms with Crippen molar-refractivity contribution in [1.82, 2.24) is 15.0 Å². The Morgan fingerprint density at radius 2 is 2.04 bits per heavy atom. The van der Waals surface area contributed by atoms with Crippen molar-refractivity contribution in [3.63, 3.8) is 0 Å². The van der Waals surface area contributed by atoms with E-state index in [1.165, 1.54) is 0 Å². The SMILES string of the molecule is CCN(C)C(=O)[C@H]1[C@H]2CC[C@H](C2)[C@@H]1c1nc(COc2ccccc2)no1. The van der Waals surface area contributed by atoms with Crippen molar-refractivity contribution in [3.05, 3.63) is 42.0 Å². The first kappa shape index (κ1) is 17.1. The molecule has 0 unspecified atom stereocenters. The molecule has 2 aliphatic rings. The van der Waals surface area contributed by atoms with Crippen LogP contribution in [0.4, 0.5) is 0 Å². The minimum Gasteiger partial charge on any atom is -0.485 e. The second-order valence-corrected chi connectivity index (χ2v) is 7.39. The molecule has 0 saturated heterocycles. The summed E-state index contributed by atoms with van der Waals surface area (Å²) in [6, 6.07) is 9.58. The van der Waals surface area contributed by atoms with Crippen LogP contribution in [0.15, 0.2) is 34.9 Å². The Morgan fingerprint density at radius 3 is 2.81 bits per heavy atom. The third-order valence-electron chi connectivity index (χ3n) is 5.93. The summed E-state index contributed by atoms with van der Waals surface area (Å²) in [7, 11) is 1.87. The zero-order valence-electron chi connectivity index (χ0n) is 15.3. The molecule has 2 fully saturated rings. The summed E-state index contributed by atoms with van der Waals surface area (Å²) in [5.74, 6) is 3.06. The maximum atomic E-state index is 12.9. The summed E-state index contributed by atoms with van der Waals surface area (Å²) >= 11 is 0. The minimum atomic E-state index is -0.0259. The normalized spacial score (nSPS) is 26.8. The molecule has 1 amide bonds. The van der Waals surface area contributed by atoms with E-state index >= 15 is 0 Å². The summed E-state index contributed by atoms with van der Waals surface area (Å²) in [6.45, 7) is 2.99. The smallest absolute Gasteiger partial charge is 0.230 e. The van der Waals surface area contributed by atoms with Gasteiger partial charge < -0.3 is 14.2 Å². The molecule has 2 aliphatic carbocycles. The molecular weight excluding hydrogens is 330 g/mol. The number of hydrogen-bond acceptors (Lipinski definition) is 5. The number of carbonyl (C=O) groups excluding carboxylic acids is 1. The van der Waals surface area contributed by atoms with Gasteiger partial charge in [-0.15, -0.1) is 0 Å². The highest BCUT2D eigenvalue weighted by atomic mass is 16.5. The molecule has 0 spiro atoms. The molecule has 1 aromatic carbocycles. The first-order chi connectivity index (χ1) is 12.7. The Balaban J connectivity index is 1.49. The highest BCUT2D eigenvalue weighted by molar-refractivity contribution is 5.80. The van der Waals surface area contributed by atoms with Gasteiger partial charge in [-0.2, -0.15) is 4.98 Å². The molecule has 1 heterocycles. The fraction of sp³-hybridized carbons (Fsp3) is 0.550. The van der Waals surface area contributed by atoms with Gasteiger partial charge in [0.25, 0.3) is 0 Å². The highest BCUT2D eigenvalue weighted by Gasteiger charge is 2.54. The standard InChI is InChI=1S/C20H25N3O3/c1-3-23(2)20(24)18-14-10-9-13(11-14)17(18)19-21-16(22-26-19)12-25-15-7-5-4-6-8-15/h4-8,13-14,17-18H,3,9-12H2,1-2H3/t13-,14+,17+,18+/m1/s1. The lowest BCUT2D eigenvalue weighted by Crippen LogP contribution is -2.38. The fourth-order valence-electron chi connectivity index (χ4n) is 4.54. The number of para-hydroxylation sites is 1. The summed E-state index contributed by atoms with van der Waals surface area (Å²) in [6.07, 6.45) is 3.37. The van der Waals surface area contributed by atoms with Gasteiger partial charge in [-0.1, -0.05) is 23.4 Å². The molecule has 6 heteroatoms. The second-order valence-electron chi connectivity index (χ2n) is 7.39. The van der Waals surface area contributed by atoms with Crippen LogP contribution >= 0.6 is 0 Å². The minimum absolute atomic E-state index is 0.0259. The molecular formula is C20H25N3O3. The van der Waals surface area contributed by atoms with Crippen molar-refractivity contribution in [2.75, 3.05) is 13.6 Å². The van der Waals surface area contributed by atoms with Gasteiger partial charge in [-0.25, -0.2) is 0 Å². The number of aromatic nitrogens is 2. The van der Waals surface area contributed by atoms with E-state index < -0.39 is 0 Å². The Labute approximate surface area is 153 Å². The Bertz CT molecular complexity index is 761. The first-order valence-corrected chi connectivity index (χ1v) is 9.42. The predicted molar refractivity (Wildman–Crippen MR) is 95.4 cm³/mol. The van der Waals surface area contributed by atoms with E-state index in [4.69, 9.17) is 9.26 Å². The predicted octanol–water partition coefficient (Wildman–Crippen LogP) is 3.26. The molecule has 138 valence electrons. The van der Waals surface area contributed by atoms with Crippen LogP contribution in [0.1, 0.15) is 43.8 Å². The van der Waals surface area contributed by atoms with Gasteiger partial charge in [0.05, 0.1) is 11.8 Å². The average molecular weight is 355 g/mol. The number of benzene rings is 1. The molecule has 2 saturated carbocycles. The zero-order chi connectivity index (χ0) is 18.1. The highest BCUT2D eigenvalue weighted by Crippen LogP contribution is 2.56. The van der Waals surface area contributed by atoms with E-state index in [9.17, 15) is 4.79 Å². The van der Waals surface area contributed by atoms with Gasteiger partial charge in [0.2, 0.25) is 17.6 Å². The van der Waals surface area contributed by atoms with Crippen molar-refractivity contribution < 1.29 is 14.1 Å². The number of carbonyl (C=O) groups is 1. The first-order valence-electron chi connectivity index (χ1n) is 9.42. The number of amides is 1. The maximum absolute atomic E-state index is 12.9. The van der Waals surface area contributed by atoms with Crippen molar-refractivity contribution in [2.45, 2.75) is 38.7 Å². The maximum Gasteiger partial charge on any atom is 0.230 e. The molecule has 2 bridgehead atoms. The van der Waals surface area contributed by atoms with Crippen LogP contribution in [-0.4, -0.2) is 34.5 Å². The molecule has 0 radical (unpaired) electrons. The quantitative estimate of drug-likeness (QED) is 0.795. The van der Waals surface area contributed by atoms with E-state index in [2.05, 4.69) is 10.1 Å². The van der Waals surface area contributed by atoms with Crippen LogP contribution in [0.5, 0.6) is 5.75 Å². The lowest BCUT2D eigenvalue weighted by atomic mass is 9.78. The lowest BCUT2D eigenvalue weighted by molar-refractivity contribution is -0.136. The van der Waals surface area contributed by atoms with Gasteiger partial charge in [-0.05, 0) is 50.2 Å². The molecule has 4 atom stereocenters. The van der Waals surface area contributed by atoms with E-state index in [0.717, 1.165) is 31.6 Å². The molecule has 2 aromatic rings.